The minimum atomic E-state index is -0.0605. The number of nitrogens with one attached hydrogen (secondary N) is 1. The molecular formula is C13H15Cl2NO2. The van der Waals surface area contributed by atoms with Gasteiger partial charge in [0.15, 0.2) is 0 Å². The smallest absolute Gasteiger partial charge is 0.224 e. The zero-order valence-electron chi connectivity index (χ0n) is 9.92. The topological polar surface area (TPSA) is 38.3 Å². The van der Waals surface area contributed by atoms with Crippen LogP contribution in [-0.2, 0) is 9.53 Å². The molecule has 1 atom stereocenters. The molecule has 5 heteroatoms. The lowest BCUT2D eigenvalue weighted by Crippen LogP contribution is -2.15. The number of halogens is 2. The van der Waals surface area contributed by atoms with E-state index in [1.165, 1.54) is 0 Å². The Bertz CT molecular complexity index is 431. The van der Waals surface area contributed by atoms with Crippen LogP contribution in [-0.4, -0.2) is 18.6 Å². The third-order valence-electron chi connectivity index (χ3n) is 2.92. The molecule has 1 aromatic carbocycles. The first-order valence-corrected chi connectivity index (χ1v) is 6.77. The molecule has 18 heavy (non-hydrogen) atoms. The summed E-state index contributed by atoms with van der Waals surface area (Å²) in [7, 11) is 0. The van der Waals surface area contributed by atoms with Gasteiger partial charge < -0.3 is 10.1 Å². The van der Waals surface area contributed by atoms with Crippen molar-refractivity contribution in [3.63, 3.8) is 0 Å². The summed E-state index contributed by atoms with van der Waals surface area (Å²) in [6.45, 7) is 0.812. The molecule has 0 aromatic heterocycles. The second-order valence-corrected chi connectivity index (χ2v) is 5.19. The molecule has 1 fully saturated rings. The Morgan fingerprint density at radius 1 is 1.44 bits per heavy atom. The van der Waals surface area contributed by atoms with Crippen molar-refractivity contribution in [2.24, 2.45) is 0 Å². The summed E-state index contributed by atoms with van der Waals surface area (Å²) >= 11 is 11.8. The highest BCUT2D eigenvalue weighted by Gasteiger charge is 2.17. The molecule has 0 spiro atoms. The third-order valence-corrected chi connectivity index (χ3v) is 3.48. The van der Waals surface area contributed by atoms with Crippen molar-refractivity contribution in [3.05, 3.63) is 28.2 Å². The first kappa shape index (κ1) is 13.7. The summed E-state index contributed by atoms with van der Waals surface area (Å²) in [4.78, 5) is 11.8. The molecule has 0 saturated carbocycles. The lowest BCUT2D eigenvalue weighted by Gasteiger charge is -2.10. The van der Waals surface area contributed by atoms with E-state index in [0.717, 1.165) is 25.9 Å². The van der Waals surface area contributed by atoms with Crippen molar-refractivity contribution in [1.29, 1.82) is 0 Å². The zero-order chi connectivity index (χ0) is 13.0. The highest BCUT2D eigenvalue weighted by molar-refractivity contribution is 6.35. The molecule has 2 rings (SSSR count). The summed E-state index contributed by atoms with van der Waals surface area (Å²) in [6.07, 6.45) is 3.56. The molecule has 0 radical (unpaired) electrons. The maximum Gasteiger partial charge on any atom is 0.224 e. The van der Waals surface area contributed by atoms with E-state index in [-0.39, 0.29) is 12.0 Å². The van der Waals surface area contributed by atoms with Crippen LogP contribution < -0.4 is 5.32 Å². The molecule has 1 N–H and O–H groups in total. The van der Waals surface area contributed by atoms with E-state index >= 15 is 0 Å². The van der Waals surface area contributed by atoms with Crippen molar-refractivity contribution in [2.45, 2.75) is 31.8 Å². The number of hydrogen-bond donors (Lipinski definition) is 1. The molecule has 1 heterocycles. The van der Waals surface area contributed by atoms with Gasteiger partial charge in [-0.05, 0) is 37.5 Å². The first-order valence-electron chi connectivity index (χ1n) is 6.01. The zero-order valence-corrected chi connectivity index (χ0v) is 11.4. The van der Waals surface area contributed by atoms with Crippen molar-refractivity contribution < 1.29 is 9.53 Å². The first-order chi connectivity index (χ1) is 8.65. The summed E-state index contributed by atoms with van der Waals surface area (Å²) in [5.41, 5.74) is 0.557. The SMILES string of the molecule is O=C(CCC1CCCO1)Nc1cc(Cl)ccc1Cl. The average Bonchev–Trinajstić information content (AvgIpc) is 2.84. The van der Waals surface area contributed by atoms with Gasteiger partial charge in [0, 0.05) is 18.1 Å². The molecule has 0 bridgehead atoms. The Kier molecular flexibility index (Phi) is 4.87. The van der Waals surface area contributed by atoms with Gasteiger partial charge in [-0.3, -0.25) is 4.79 Å². The number of anilines is 1. The number of ether oxygens (including phenoxy) is 1. The fourth-order valence-electron chi connectivity index (χ4n) is 1.97. The molecule has 1 unspecified atom stereocenters. The molecule has 1 aromatic rings. The van der Waals surface area contributed by atoms with Crippen molar-refractivity contribution in [2.75, 3.05) is 11.9 Å². The summed E-state index contributed by atoms with van der Waals surface area (Å²) < 4.78 is 5.47. The predicted octanol–water partition coefficient (Wildman–Crippen LogP) is 3.89. The Balaban J connectivity index is 1.84. The number of hydrogen-bond acceptors (Lipinski definition) is 2. The molecule has 3 nitrogen and oxygen atoms in total. The number of rotatable bonds is 4. The monoisotopic (exact) mass is 287 g/mol. The van der Waals surface area contributed by atoms with Gasteiger partial charge in [-0.15, -0.1) is 0 Å². The molecule has 1 aliphatic rings. The lowest BCUT2D eigenvalue weighted by atomic mass is 10.1. The third kappa shape index (κ3) is 3.87. The van der Waals surface area contributed by atoms with Crippen LogP contribution >= 0.6 is 23.2 Å². The number of amides is 1. The van der Waals surface area contributed by atoms with Crippen LogP contribution in [0.15, 0.2) is 18.2 Å². The van der Waals surface area contributed by atoms with Gasteiger partial charge in [-0.2, -0.15) is 0 Å². The second kappa shape index (κ2) is 6.41. The van der Waals surface area contributed by atoms with Gasteiger partial charge in [0.05, 0.1) is 16.8 Å². The van der Waals surface area contributed by atoms with Crippen molar-refractivity contribution in [3.8, 4) is 0 Å². The maximum atomic E-state index is 11.8. The van der Waals surface area contributed by atoms with Crippen molar-refractivity contribution >= 4 is 34.8 Å². The fourth-order valence-corrected chi connectivity index (χ4v) is 2.31. The summed E-state index contributed by atoms with van der Waals surface area (Å²) in [6, 6.07) is 5.00. The number of benzene rings is 1. The number of carbonyl (C=O) groups excluding carboxylic acids is 1. The summed E-state index contributed by atoms with van der Waals surface area (Å²) in [5, 5.41) is 3.80. The molecule has 98 valence electrons. The van der Waals surface area contributed by atoms with Crippen LogP contribution in [0.5, 0.6) is 0 Å². The Morgan fingerprint density at radius 3 is 3.00 bits per heavy atom. The van der Waals surface area contributed by atoms with Gasteiger partial charge >= 0.3 is 0 Å². The van der Waals surface area contributed by atoms with Crippen LogP contribution in [0.1, 0.15) is 25.7 Å². The highest BCUT2D eigenvalue weighted by Crippen LogP contribution is 2.26. The Labute approximate surface area is 116 Å². The minimum absolute atomic E-state index is 0.0605. The van der Waals surface area contributed by atoms with Gasteiger partial charge in [-0.1, -0.05) is 23.2 Å². The van der Waals surface area contributed by atoms with E-state index in [1.807, 2.05) is 0 Å². The van der Waals surface area contributed by atoms with E-state index in [9.17, 15) is 4.79 Å². The molecule has 1 amide bonds. The lowest BCUT2D eigenvalue weighted by molar-refractivity contribution is -0.116. The fraction of sp³-hybridized carbons (Fsp3) is 0.462. The standard InChI is InChI=1S/C13H15Cl2NO2/c14-9-3-5-11(15)12(8-9)16-13(17)6-4-10-2-1-7-18-10/h3,5,8,10H,1-2,4,6-7H2,(H,16,17). The van der Waals surface area contributed by atoms with E-state index in [2.05, 4.69) is 5.32 Å². The van der Waals surface area contributed by atoms with Gasteiger partial charge in [0.2, 0.25) is 5.91 Å². The average molecular weight is 288 g/mol. The predicted molar refractivity (Wildman–Crippen MR) is 73.3 cm³/mol. The minimum Gasteiger partial charge on any atom is -0.378 e. The molecule has 1 aliphatic heterocycles. The normalized spacial score (nSPS) is 18.9. The molecule has 0 aliphatic carbocycles. The maximum absolute atomic E-state index is 11.8. The quantitative estimate of drug-likeness (QED) is 0.912. The highest BCUT2D eigenvalue weighted by atomic mass is 35.5. The van der Waals surface area contributed by atoms with Crippen LogP contribution in [0, 0.1) is 0 Å². The van der Waals surface area contributed by atoms with Crippen LogP contribution in [0.25, 0.3) is 0 Å². The largest absolute Gasteiger partial charge is 0.378 e. The van der Waals surface area contributed by atoms with E-state index < -0.39 is 0 Å². The van der Waals surface area contributed by atoms with Crippen LogP contribution in [0.3, 0.4) is 0 Å². The molecular weight excluding hydrogens is 273 g/mol. The van der Waals surface area contributed by atoms with E-state index in [0.29, 0.717) is 22.2 Å². The second-order valence-electron chi connectivity index (χ2n) is 4.35. The number of carbonyl (C=O) groups is 1. The van der Waals surface area contributed by atoms with E-state index in [1.54, 1.807) is 18.2 Å². The molecule has 1 saturated heterocycles. The van der Waals surface area contributed by atoms with Crippen LogP contribution in [0.4, 0.5) is 5.69 Å². The van der Waals surface area contributed by atoms with Gasteiger partial charge in [0.1, 0.15) is 0 Å². The van der Waals surface area contributed by atoms with Crippen molar-refractivity contribution in [1.82, 2.24) is 0 Å². The Morgan fingerprint density at radius 2 is 2.28 bits per heavy atom. The van der Waals surface area contributed by atoms with Gasteiger partial charge in [-0.25, -0.2) is 0 Å². The summed E-state index contributed by atoms with van der Waals surface area (Å²) in [5.74, 6) is -0.0605. The van der Waals surface area contributed by atoms with Gasteiger partial charge in [0.25, 0.3) is 0 Å². The van der Waals surface area contributed by atoms with E-state index in [4.69, 9.17) is 27.9 Å². The Hall–Kier alpha value is -0.770. The van der Waals surface area contributed by atoms with Crippen LogP contribution in [0.2, 0.25) is 10.0 Å².